The van der Waals surface area contributed by atoms with E-state index in [-0.39, 0.29) is 17.8 Å². The molecule has 27 heavy (non-hydrogen) atoms. The molecule has 1 aromatic carbocycles. The lowest BCUT2D eigenvalue weighted by Crippen LogP contribution is -2.48. The highest BCUT2D eigenvalue weighted by atomic mass is 32.2. The third-order valence-corrected chi connectivity index (χ3v) is 6.70. The summed E-state index contributed by atoms with van der Waals surface area (Å²) in [5, 5.41) is 2.92. The standard InChI is InChI=1S/C19H29N3O4S/c1-15(2)13-21-8-9-26-18(14-21)12-20-19(23)16-5-3-6-17(11-16)22-7-4-10-27(22,24)25/h3,5-6,11,15,18H,4,7-10,12-14H2,1-2H3,(H,20,23). The Hall–Kier alpha value is -1.64. The number of morpholine rings is 1. The number of hydrogen-bond acceptors (Lipinski definition) is 5. The van der Waals surface area contributed by atoms with Gasteiger partial charge >= 0.3 is 0 Å². The van der Waals surface area contributed by atoms with E-state index in [0.29, 0.717) is 43.3 Å². The molecule has 3 rings (SSSR count). The molecule has 1 unspecified atom stereocenters. The van der Waals surface area contributed by atoms with Crippen molar-refractivity contribution in [2.45, 2.75) is 26.4 Å². The number of benzene rings is 1. The number of hydrogen-bond donors (Lipinski definition) is 1. The number of carbonyl (C=O) groups is 1. The van der Waals surface area contributed by atoms with Gasteiger partial charge in [0.05, 0.1) is 24.2 Å². The van der Waals surface area contributed by atoms with E-state index in [1.807, 2.05) is 0 Å². The summed E-state index contributed by atoms with van der Waals surface area (Å²) < 4.78 is 31.3. The maximum atomic E-state index is 12.5. The number of nitrogens with one attached hydrogen (secondary N) is 1. The van der Waals surface area contributed by atoms with Crippen LogP contribution in [0.25, 0.3) is 0 Å². The van der Waals surface area contributed by atoms with Gasteiger partial charge in [-0.1, -0.05) is 19.9 Å². The van der Waals surface area contributed by atoms with Crippen molar-refractivity contribution in [1.29, 1.82) is 0 Å². The van der Waals surface area contributed by atoms with Crippen LogP contribution in [0.15, 0.2) is 24.3 Å². The van der Waals surface area contributed by atoms with Gasteiger partial charge in [0, 0.05) is 38.3 Å². The molecule has 0 bridgehead atoms. The topological polar surface area (TPSA) is 79.0 Å². The first-order valence-corrected chi connectivity index (χ1v) is 11.2. The number of nitrogens with zero attached hydrogens (tertiary/aromatic N) is 2. The quantitative estimate of drug-likeness (QED) is 0.786. The van der Waals surface area contributed by atoms with E-state index >= 15 is 0 Å². The number of carbonyl (C=O) groups excluding carboxylic acids is 1. The third-order valence-electron chi connectivity index (χ3n) is 4.83. The van der Waals surface area contributed by atoms with Gasteiger partial charge < -0.3 is 10.1 Å². The fourth-order valence-electron chi connectivity index (χ4n) is 3.63. The second-order valence-corrected chi connectivity index (χ2v) is 9.66. The van der Waals surface area contributed by atoms with Crippen LogP contribution in [0.3, 0.4) is 0 Å². The average molecular weight is 396 g/mol. The molecule has 2 aliphatic heterocycles. The first-order valence-electron chi connectivity index (χ1n) is 9.58. The molecule has 1 N–H and O–H groups in total. The summed E-state index contributed by atoms with van der Waals surface area (Å²) in [5.41, 5.74) is 1.02. The summed E-state index contributed by atoms with van der Waals surface area (Å²) in [6.45, 7) is 8.74. The zero-order valence-corrected chi connectivity index (χ0v) is 16.9. The fraction of sp³-hybridized carbons (Fsp3) is 0.632. The molecule has 0 spiro atoms. The van der Waals surface area contributed by atoms with Gasteiger partial charge in [-0.05, 0) is 30.5 Å². The first kappa shape index (κ1) is 20.1. The molecule has 1 amide bonds. The van der Waals surface area contributed by atoms with Crippen molar-refractivity contribution in [3.05, 3.63) is 29.8 Å². The van der Waals surface area contributed by atoms with Crippen LogP contribution >= 0.6 is 0 Å². The summed E-state index contributed by atoms with van der Waals surface area (Å²) in [5.74, 6) is 0.552. The van der Waals surface area contributed by atoms with Crippen LogP contribution in [-0.4, -0.2) is 70.4 Å². The molecule has 2 heterocycles. The van der Waals surface area contributed by atoms with Crippen LogP contribution in [-0.2, 0) is 14.8 Å². The van der Waals surface area contributed by atoms with Crippen LogP contribution in [0.4, 0.5) is 5.69 Å². The lowest BCUT2D eigenvalue weighted by molar-refractivity contribution is -0.0295. The van der Waals surface area contributed by atoms with Crippen molar-refractivity contribution in [2.75, 3.05) is 49.4 Å². The van der Waals surface area contributed by atoms with E-state index in [0.717, 1.165) is 19.6 Å². The SMILES string of the molecule is CC(C)CN1CCOC(CNC(=O)c2cccc(N3CCCS3(=O)=O)c2)C1. The van der Waals surface area contributed by atoms with Crippen molar-refractivity contribution in [3.63, 3.8) is 0 Å². The molecule has 0 saturated carbocycles. The first-order chi connectivity index (χ1) is 12.8. The minimum absolute atomic E-state index is 0.0245. The van der Waals surface area contributed by atoms with Gasteiger partial charge in [-0.15, -0.1) is 0 Å². The van der Waals surface area contributed by atoms with Gasteiger partial charge in [-0.25, -0.2) is 8.42 Å². The van der Waals surface area contributed by atoms with Crippen LogP contribution in [0, 0.1) is 5.92 Å². The lowest BCUT2D eigenvalue weighted by atomic mass is 10.1. The van der Waals surface area contributed by atoms with Crippen LogP contribution in [0.5, 0.6) is 0 Å². The number of sulfonamides is 1. The van der Waals surface area contributed by atoms with E-state index in [9.17, 15) is 13.2 Å². The maximum absolute atomic E-state index is 12.5. The zero-order chi connectivity index (χ0) is 19.4. The molecular weight excluding hydrogens is 366 g/mol. The summed E-state index contributed by atoms with van der Waals surface area (Å²) in [4.78, 5) is 14.9. The molecule has 7 nitrogen and oxygen atoms in total. The molecule has 0 radical (unpaired) electrons. The van der Waals surface area contributed by atoms with Gasteiger partial charge in [0.1, 0.15) is 0 Å². The highest BCUT2D eigenvalue weighted by Crippen LogP contribution is 2.24. The number of rotatable bonds is 6. The summed E-state index contributed by atoms with van der Waals surface area (Å²) in [7, 11) is -3.25. The maximum Gasteiger partial charge on any atom is 0.251 e. The normalized spacial score (nSPS) is 22.9. The van der Waals surface area contributed by atoms with E-state index in [2.05, 4.69) is 24.1 Å². The van der Waals surface area contributed by atoms with Crippen LogP contribution in [0.2, 0.25) is 0 Å². The Balaban J connectivity index is 1.58. The van der Waals surface area contributed by atoms with Crippen molar-refractivity contribution < 1.29 is 17.9 Å². The predicted octanol–water partition coefficient (Wildman–Crippen LogP) is 1.31. The minimum Gasteiger partial charge on any atom is -0.374 e. The second kappa shape index (κ2) is 8.58. The predicted molar refractivity (Wildman–Crippen MR) is 106 cm³/mol. The smallest absolute Gasteiger partial charge is 0.251 e. The van der Waals surface area contributed by atoms with Crippen molar-refractivity contribution in [3.8, 4) is 0 Å². The van der Waals surface area contributed by atoms with Crippen LogP contribution in [0.1, 0.15) is 30.6 Å². The number of amides is 1. The van der Waals surface area contributed by atoms with E-state index in [4.69, 9.17) is 4.74 Å². The lowest BCUT2D eigenvalue weighted by Gasteiger charge is -2.34. The molecule has 1 atom stereocenters. The number of anilines is 1. The third kappa shape index (κ3) is 5.21. The van der Waals surface area contributed by atoms with Gasteiger partial charge in [0.25, 0.3) is 5.91 Å². The van der Waals surface area contributed by atoms with Gasteiger partial charge in [0.2, 0.25) is 10.0 Å². The van der Waals surface area contributed by atoms with Crippen molar-refractivity contribution in [2.24, 2.45) is 5.92 Å². The second-order valence-electron chi connectivity index (χ2n) is 7.65. The average Bonchev–Trinajstić information content (AvgIpc) is 2.98. The Bertz CT molecular complexity index is 766. The van der Waals surface area contributed by atoms with Gasteiger partial charge in [0.15, 0.2) is 0 Å². The highest BCUT2D eigenvalue weighted by Gasteiger charge is 2.29. The molecule has 8 heteroatoms. The molecular formula is C19H29N3O4S. The Morgan fingerprint density at radius 3 is 2.85 bits per heavy atom. The van der Waals surface area contributed by atoms with Gasteiger partial charge in [-0.2, -0.15) is 0 Å². The summed E-state index contributed by atoms with van der Waals surface area (Å²) in [6.07, 6.45) is 0.591. The molecule has 2 aliphatic rings. The largest absolute Gasteiger partial charge is 0.374 e. The summed E-state index contributed by atoms with van der Waals surface area (Å²) in [6, 6.07) is 6.80. The van der Waals surface area contributed by atoms with E-state index in [1.54, 1.807) is 24.3 Å². The molecule has 2 saturated heterocycles. The van der Waals surface area contributed by atoms with Crippen molar-refractivity contribution in [1.82, 2.24) is 10.2 Å². The molecule has 0 aliphatic carbocycles. The molecule has 2 fully saturated rings. The monoisotopic (exact) mass is 395 g/mol. The Morgan fingerprint density at radius 2 is 2.15 bits per heavy atom. The fourth-order valence-corrected chi connectivity index (χ4v) is 5.18. The Morgan fingerprint density at radius 1 is 1.33 bits per heavy atom. The van der Waals surface area contributed by atoms with Crippen LogP contribution < -0.4 is 9.62 Å². The van der Waals surface area contributed by atoms with Gasteiger partial charge in [-0.3, -0.25) is 14.0 Å². The summed E-state index contributed by atoms with van der Waals surface area (Å²) >= 11 is 0. The minimum atomic E-state index is -3.25. The Kier molecular flexibility index (Phi) is 6.39. The van der Waals surface area contributed by atoms with Crippen molar-refractivity contribution >= 4 is 21.6 Å². The molecule has 150 valence electrons. The highest BCUT2D eigenvalue weighted by molar-refractivity contribution is 7.93. The zero-order valence-electron chi connectivity index (χ0n) is 16.1. The van der Waals surface area contributed by atoms with E-state index in [1.165, 1.54) is 4.31 Å². The molecule has 1 aromatic rings. The Labute approximate surface area is 161 Å². The molecule has 0 aromatic heterocycles. The van der Waals surface area contributed by atoms with E-state index < -0.39 is 10.0 Å². The number of ether oxygens (including phenoxy) is 1.